The lowest BCUT2D eigenvalue weighted by molar-refractivity contribution is -0.0108. The highest BCUT2D eigenvalue weighted by Gasteiger charge is 2.32. The van der Waals surface area contributed by atoms with Crippen LogP contribution in [0.1, 0.15) is 35.8 Å². The number of rotatable bonds is 1. The number of hydrogen-bond acceptors (Lipinski definition) is 5. The van der Waals surface area contributed by atoms with Crippen LogP contribution >= 0.6 is 0 Å². The molecule has 2 aromatic heterocycles. The Kier molecular flexibility index (Phi) is 2.93. The lowest BCUT2D eigenvalue weighted by Gasteiger charge is -2.36. The van der Waals surface area contributed by atoms with Crippen LogP contribution in [0.3, 0.4) is 0 Å². The van der Waals surface area contributed by atoms with E-state index >= 15 is 0 Å². The molecule has 1 unspecified atom stereocenters. The SMILES string of the molecule is Cc1c(C(=O)N2CCCC(C)(O)C2)cnc2ncnn12. The first kappa shape index (κ1) is 13.0. The summed E-state index contributed by atoms with van der Waals surface area (Å²) >= 11 is 0. The second kappa shape index (κ2) is 4.52. The fourth-order valence-corrected chi connectivity index (χ4v) is 2.66. The third-order valence-corrected chi connectivity index (χ3v) is 3.74. The summed E-state index contributed by atoms with van der Waals surface area (Å²) < 4.78 is 1.55. The fraction of sp³-hybridized carbons (Fsp3) is 0.538. The zero-order valence-corrected chi connectivity index (χ0v) is 11.6. The van der Waals surface area contributed by atoms with Gasteiger partial charge in [-0.3, -0.25) is 4.79 Å². The van der Waals surface area contributed by atoms with Gasteiger partial charge in [0.15, 0.2) is 0 Å². The van der Waals surface area contributed by atoms with Gasteiger partial charge < -0.3 is 10.0 Å². The second-order valence-electron chi connectivity index (χ2n) is 5.56. The van der Waals surface area contributed by atoms with Gasteiger partial charge in [-0.2, -0.15) is 10.1 Å². The van der Waals surface area contributed by atoms with Gasteiger partial charge in [-0.05, 0) is 26.7 Å². The van der Waals surface area contributed by atoms with Crippen molar-refractivity contribution >= 4 is 11.7 Å². The molecule has 7 nitrogen and oxygen atoms in total. The number of aryl methyl sites for hydroxylation is 1. The molecule has 0 radical (unpaired) electrons. The molecule has 1 aliphatic rings. The highest BCUT2D eigenvalue weighted by Crippen LogP contribution is 2.22. The maximum Gasteiger partial charge on any atom is 0.257 e. The lowest BCUT2D eigenvalue weighted by atomic mass is 9.94. The molecule has 1 aliphatic heterocycles. The Hall–Kier alpha value is -2.02. The maximum atomic E-state index is 12.6. The largest absolute Gasteiger partial charge is 0.388 e. The number of fused-ring (bicyclic) bond motifs is 1. The van der Waals surface area contributed by atoms with Crippen molar-refractivity contribution in [2.24, 2.45) is 0 Å². The Morgan fingerprint density at radius 2 is 2.25 bits per heavy atom. The first-order chi connectivity index (χ1) is 9.48. The molecule has 7 heteroatoms. The van der Waals surface area contributed by atoms with E-state index in [1.54, 1.807) is 16.3 Å². The standard InChI is InChI=1S/C13H17N5O2/c1-9-10(6-14-12-15-8-16-18(9)12)11(19)17-5-3-4-13(2,20)7-17/h6,8,20H,3-5,7H2,1-2H3. The van der Waals surface area contributed by atoms with Crippen LogP contribution in [0.25, 0.3) is 5.78 Å². The van der Waals surface area contributed by atoms with E-state index < -0.39 is 5.60 Å². The molecule has 1 atom stereocenters. The normalized spacial score (nSPS) is 23.2. The number of nitrogens with zero attached hydrogens (tertiary/aromatic N) is 5. The predicted octanol–water partition coefficient (Wildman–Crippen LogP) is 0.420. The van der Waals surface area contributed by atoms with Gasteiger partial charge in [0.1, 0.15) is 6.33 Å². The number of aromatic nitrogens is 4. The molecule has 0 aromatic carbocycles. The molecule has 1 amide bonds. The fourth-order valence-electron chi connectivity index (χ4n) is 2.66. The van der Waals surface area contributed by atoms with Crippen molar-refractivity contribution in [1.82, 2.24) is 24.5 Å². The van der Waals surface area contributed by atoms with Gasteiger partial charge in [-0.15, -0.1) is 0 Å². The minimum atomic E-state index is -0.813. The summed E-state index contributed by atoms with van der Waals surface area (Å²) in [6.45, 7) is 4.58. The molecule has 0 saturated carbocycles. The van der Waals surface area contributed by atoms with Crippen LogP contribution < -0.4 is 0 Å². The van der Waals surface area contributed by atoms with Crippen molar-refractivity contribution in [3.63, 3.8) is 0 Å². The van der Waals surface area contributed by atoms with Gasteiger partial charge in [0.05, 0.1) is 16.9 Å². The number of β-amino-alcohol motifs (C(OH)–C–C–N with tert-alkyl or cyclic N) is 1. The summed E-state index contributed by atoms with van der Waals surface area (Å²) in [5.74, 6) is 0.358. The van der Waals surface area contributed by atoms with E-state index in [1.807, 2.05) is 6.92 Å². The molecule has 0 spiro atoms. The number of carbonyl (C=O) groups excluding carboxylic acids is 1. The van der Waals surface area contributed by atoms with Crippen LogP contribution in [0.4, 0.5) is 0 Å². The van der Waals surface area contributed by atoms with Crippen molar-refractivity contribution in [2.75, 3.05) is 13.1 Å². The van der Waals surface area contributed by atoms with Gasteiger partial charge >= 0.3 is 0 Å². The van der Waals surface area contributed by atoms with Crippen LogP contribution in [0.2, 0.25) is 0 Å². The quantitative estimate of drug-likeness (QED) is 0.815. The van der Waals surface area contributed by atoms with E-state index in [0.29, 0.717) is 30.1 Å². The highest BCUT2D eigenvalue weighted by atomic mass is 16.3. The van der Waals surface area contributed by atoms with Crippen LogP contribution in [-0.4, -0.2) is 54.2 Å². The number of carbonyl (C=O) groups is 1. The molecule has 2 aromatic rings. The summed E-state index contributed by atoms with van der Waals surface area (Å²) in [6.07, 6.45) is 4.47. The molecule has 3 rings (SSSR count). The van der Waals surface area contributed by atoms with Crippen LogP contribution in [0.5, 0.6) is 0 Å². The summed E-state index contributed by atoms with van der Waals surface area (Å²) in [5, 5.41) is 14.2. The van der Waals surface area contributed by atoms with Gasteiger partial charge in [-0.1, -0.05) is 0 Å². The van der Waals surface area contributed by atoms with Gasteiger partial charge in [0.25, 0.3) is 11.7 Å². The van der Waals surface area contributed by atoms with Crippen LogP contribution in [0.15, 0.2) is 12.5 Å². The molecule has 1 fully saturated rings. The first-order valence-electron chi connectivity index (χ1n) is 6.65. The van der Waals surface area contributed by atoms with E-state index in [2.05, 4.69) is 15.1 Å². The van der Waals surface area contributed by atoms with Crippen molar-refractivity contribution in [2.45, 2.75) is 32.3 Å². The molecule has 1 N–H and O–H groups in total. The third kappa shape index (κ3) is 2.14. The highest BCUT2D eigenvalue weighted by molar-refractivity contribution is 5.95. The summed E-state index contributed by atoms with van der Waals surface area (Å²) in [7, 11) is 0. The topological polar surface area (TPSA) is 83.6 Å². The molecular formula is C13H17N5O2. The average Bonchev–Trinajstić information content (AvgIpc) is 2.86. The number of aliphatic hydroxyl groups is 1. The second-order valence-corrected chi connectivity index (χ2v) is 5.56. The third-order valence-electron chi connectivity index (χ3n) is 3.74. The molecule has 0 aliphatic carbocycles. The van der Waals surface area contributed by atoms with Crippen molar-refractivity contribution in [1.29, 1.82) is 0 Å². The summed E-state index contributed by atoms with van der Waals surface area (Å²) in [5.41, 5.74) is 0.399. The van der Waals surface area contributed by atoms with E-state index in [4.69, 9.17) is 0 Å². The Morgan fingerprint density at radius 1 is 1.45 bits per heavy atom. The number of likely N-dealkylation sites (tertiary alicyclic amines) is 1. The molecule has 0 bridgehead atoms. The Labute approximate surface area is 116 Å². The molecule has 1 saturated heterocycles. The zero-order chi connectivity index (χ0) is 14.3. The summed E-state index contributed by atoms with van der Waals surface area (Å²) in [6, 6.07) is 0. The van der Waals surface area contributed by atoms with Gasteiger partial charge in [0, 0.05) is 19.3 Å². The van der Waals surface area contributed by atoms with E-state index in [9.17, 15) is 9.90 Å². The minimum absolute atomic E-state index is 0.118. The van der Waals surface area contributed by atoms with E-state index in [-0.39, 0.29) is 5.91 Å². The van der Waals surface area contributed by atoms with Crippen molar-refractivity contribution in [3.8, 4) is 0 Å². The molecule has 3 heterocycles. The lowest BCUT2D eigenvalue weighted by Crippen LogP contribution is -2.48. The van der Waals surface area contributed by atoms with E-state index in [1.165, 1.54) is 12.5 Å². The Morgan fingerprint density at radius 3 is 3.00 bits per heavy atom. The van der Waals surface area contributed by atoms with Gasteiger partial charge in [-0.25, -0.2) is 9.50 Å². The number of amides is 1. The average molecular weight is 275 g/mol. The summed E-state index contributed by atoms with van der Waals surface area (Å²) in [4.78, 5) is 22.4. The molecule has 106 valence electrons. The molecular weight excluding hydrogens is 258 g/mol. The van der Waals surface area contributed by atoms with E-state index in [0.717, 1.165) is 12.8 Å². The van der Waals surface area contributed by atoms with Crippen LogP contribution in [-0.2, 0) is 0 Å². The van der Waals surface area contributed by atoms with Crippen molar-refractivity contribution in [3.05, 3.63) is 23.8 Å². The van der Waals surface area contributed by atoms with Gasteiger partial charge in [0.2, 0.25) is 0 Å². The minimum Gasteiger partial charge on any atom is -0.388 e. The monoisotopic (exact) mass is 275 g/mol. The zero-order valence-electron chi connectivity index (χ0n) is 11.6. The molecule has 20 heavy (non-hydrogen) atoms. The smallest absolute Gasteiger partial charge is 0.257 e. The van der Waals surface area contributed by atoms with Crippen molar-refractivity contribution < 1.29 is 9.90 Å². The predicted molar refractivity (Wildman–Crippen MR) is 71.3 cm³/mol. The first-order valence-corrected chi connectivity index (χ1v) is 6.65. The Bertz CT molecular complexity index is 664. The Balaban J connectivity index is 1.94. The number of piperidine rings is 1. The number of hydrogen-bond donors (Lipinski definition) is 1. The maximum absolute atomic E-state index is 12.6. The van der Waals surface area contributed by atoms with Crippen LogP contribution in [0, 0.1) is 6.92 Å².